The number of hydrogen-bond acceptors (Lipinski definition) is 5. The molecule has 2 aromatic rings. The van der Waals surface area contributed by atoms with Gasteiger partial charge in [0, 0.05) is 17.8 Å². The molecule has 0 heterocycles. The molecular formula is C29H39N3O5. The van der Waals surface area contributed by atoms with Gasteiger partial charge in [-0.15, -0.1) is 6.58 Å². The van der Waals surface area contributed by atoms with Crippen molar-refractivity contribution in [2.24, 2.45) is 5.92 Å². The van der Waals surface area contributed by atoms with Gasteiger partial charge >= 0.3 is 6.09 Å². The van der Waals surface area contributed by atoms with Crippen LogP contribution in [0, 0.1) is 12.8 Å². The molecule has 0 bridgehead atoms. The van der Waals surface area contributed by atoms with Crippen molar-refractivity contribution in [3.05, 3.63) is 72.3 Å². The Kier molecular flexibility index (Phi) is 10.3. The van der Waals surface area contributed by atoms with Gasteiger partial charge in [-0.2, -0.15) is 0 Å². The molecule has 2 atom stereocenters. The van der Waals surface area contributed by atoms with E-state index in [-0.39, 0.29) is 23.8 Å². The number of para-hydroxylation sites is 2. The second kappa shape index (κ2) is 12.9. The van der Waals surface area contributed by atoms with Gasteiger partial charge in [0.25, 0.3) is 5.91 Å². The van der Waals surface area contributed by atoms with Gasteiger partial charge in [0.15, 0.2) is 0 Å². The van der Waals surface area contributed by atoms with Crippen LogP contribution >= 0.6 is 0 Å². The zero-order valence-corrected chi connectivity index (χ0v) is 22.6. The molecule has 0 saturated heterocycles. The predicted molar refractivity (Wildman–Crippen MR) is 145 cm³/mol. The minimum absolute atomic E-state index is 0.00359. The summed E-state index contributed by atoms with van der Waals surface area (Å²) >= 11 is 0. The van der Waals surface area contributed by atoms with Crippen LogP contribution in [0.3, 0.4) is 0 Å². The minimum Gasteiger partial charge on any atom is -0.508 e. The molecule has 8 heteroatoms. The summed E-state index contributed by atoms with van der Waals surface area (Å²) in [5, 5.41) is 16.2. The fraction of sp³-hybridized carbons (Fsp3) is 0.414. The van der Waals surface area contributed by atoms with Gasteiger partial charge in [-0.1, -0.05) is 56.3 Å². The Morgan fingerprint density at radius 3 is 2.27 bits per heavy atom. The van der Waals surface area contributed by atoms with Crippen LogP contribution in [0.2, 0.25) is 0 Å². The van der Waals surface area contributed by atoms with Crippen molar-refractivity contribution in [3.8, 4) is 5.75 Å². The van der Waals surface area contributed by atoms with Crippen molar-refractivity contribution >= 4 is 23.6 Å². The number of hydrogen-bond donors (Lipinski definition) is 3. The Bertz CT molecular complexity index is 1110. The van der Waals surface area contributed by atoms with Crippen LogP contribution in [-0.2, 0) is 14.3 Å². The monoisotopic (exact) mass is 509 g/mol. The second-order valence-electron chi connectivity index (χ2n) is 10.4. The van der Waals surface area contributed by atoms with Crippen molar-refractivity contribution in [2.45, 2.75) is 65.6 Å². The Balaban J connectivity index is 2.52. The van der Waals surface area contributed by atoms with Crippen molar-refractivity contribution in [1.29, 1.82) is 0 Å². The van der Waals surface area contributed by atoms with Crippen LogP contribution in [0.15, 0.2) is 61.2 Å². The van der Waals surface area contributed by atoms with Gasteiger partial charge < -0.3 is 25.4 Å². The molecule has 2 rings (SSSR count). The highest BCUT2D eigenvalue weighted by atomic mass is 16.6. The summed E-state index contributed by atoms with van der Waals surface area (Å²) in [6, 6.07) is 11.5. The highest BCUT2D eigenvalue weighted by molar-refractivity contribution is 5.99. The first-order chi connectivity index (χ1) is 17.3. The number of phenols is 1. The number of amides is 3. The van der Waals surface area contributed by atoms with Gasteiger partial charge in [0.05, 0.1) is 0 Å². The van der Waals surface area contributed by atoms with Crippen LogP contribution < -0.4 is 10.6 Å². The predicted octanol–water partition coefficient (Wildman–Crippen LogP) is 5.33. The summed E-state index contributed by atoms with van der Waals surface area (Å²) in [7, 11) is 0. The first kappa shape index (κ1) is 29.4. The van der Waals surface area contributed by atoms with E-state index in [0.29, 0.717) is 12.1 Å². The zero-order valence-electron chi connectivity index (χ0n) is 22.6. The van der Waals surface area contributed by atoms with E-state index in [2.05, 4.69) is 17.2 Å². The number of aryl methyl sites for hydroxylation is 1. The lowest BCUT2D eigenvalue weighted by Crippen LogP contribution is -2.52. The average Bonchev–Trinajstić information content (AvgIpc) is 2.79. The lowest BCUT2D eigenvalue weighted by Gasteiger charge is -2.34. The molecule has 2 aromatic carbocycles. The highest BCUT2D eigenvalue weighted by Crippen LogP contribution is 2.31. The van der Waals surface area contributed by atoms with Crippen molar-refractivity contribution in [3.63, 3.8) is 0 Å². The maximum absolute atomic E-state index is 14.0. The molecule has 0 spiro atoms. The third-order valence-corrected chi connectivity index (χ3v) is 5.50. The molecule has 0 aliphatic carbocycles. The van der Waals surface area contributed by atoms with Crippen LogP contribution in [-0.4, -0.2) is 46.1 Å². The number of carbonyl (C=O) groups is 3. The summed E-state index contributed by atoms with van der Waals surface area (Å²) in [6.45, 7) is 14.7. The number of nitrogens with one attached hydrogen (secondary N) is 2. The number of ether oxygens (including phenoxy) is 1. The average molecular weight is 510 g/mol. The van der Waals surface area contributed by atoms with E-state index in [1.807, 2.05) is 32.9 Å². The van der Waals surface area contributed by atoms with Gasteiger partial charge in [-0.3, -0.25) is 9.59 Å². The summed E-state index contributed by atoms with van der Waals surface area (Å²) in [5.41, 5.74) is 0.939. The molecule has 3 N–H and O–H groups in total. The van der Waals surface area contributed by atoms with Crippen molar-refractivity contribution in [1.82, 2.24) is 10.2 Å². The molecule has 3 amide bonds. The molecule has 8 nitrogen and oxygen atoms in total. The normalized spacial score (nSPS) is 12.8. The van der Waals surface area contributed by atoms with Gasteiger partial charge in [0.1, 0.15) is 23.4 Å². The summed E-state index contributed by atoms with van der Waals surface area (Å²) in [4.78, 5) is 41.6. The summed E-state index contributed by atoms with van der Waals surface area (Å²) < 4.78 is 5.38. The molecule has 0 aliphatic rings. The Labute approximate surface area is 219 Å². The fourth-order valence-electron chi connectivity index (χ4n) is 3.89. The molecular weight excluding hydrogens is 470 g/mol. The topological polar surface area (TPSA) is 108 Å². The largest absolute Gasteiger partial charge is 0.508 e. The highest BCUT2D eigenvalue weighted by Gasteiger charge is 2.37. The lowest BCUT2D eigenvalue weighted by molar-refractivity contribution is -0.140. The Morgan fingerprint density at radius 1 is 1.08 bits per heavy atom. The number of rotatable bonds is 10. The SMILES string of the molecule is C=CCN(C(=O)C(CC(C)C)NC(=O)OC(C)(C)C)C(C(=O)Nc1ccccc1C)c1ccccc1O. The third-order valence-electron chi connectivity index (χ3n) is 5.50. The molecule has 0 radical (unpaired) electrons. The van der Waals surface area contributed by atoms with E-state index in [4.69, 9.17) is 4.74 Å². The smallest absolute Gasteiger partial charge is 0.408 e. The van der Waals surface area contributed by atoms with E-state index in [0.717, 1.165) is 5.56 Å². The number of phenolic OH excluding ortho intramolecular Hbond substituents is 1. The number of carbonyl (C=O) groups excluding carboxylic acids is 3. The Morgan fingerprint density at radius 2 is 1.70 bits per heavy atom. The number of benzene rings is 2. The first-order valence-corrected chi connectivity index (χ1v) is 12.4. The quantitative estimate of drug-likeness (QED) is 0.375. The zero-order chi connectivity index (χ0) is 27.8. The molecule has 0 fully saturated rings. The number of aromatic hydroxyl groups is 1. The van der Waals surface area contributed by atoms with Crippen LogP contribution in [0.4, 0.5) is 10.5 Å². The van der Waals surface area contributed by atoms with E-state index >= 15 is 0 Å². The minimum atomic E-state index is -1.19. The maximum Gasteiger partial charge on any atom is 0.408 e. The van der Waals surface area contributed by atoms with E-state index in [1.165, 1.54) is 17.0 Å². The van der Waals surface area contributed by atoms with E-state index in [9.17, 15) is 19.5 Å². The second-order valence-corrected chi connectivity index (χ2v) is 10.4. The molecule has 200 valence electrons. The number of alkyl carbamates (subject to hydrolysis) is 1. The van der Waals surface area contributed by atoms with Crippen LogP contribution in [0.5, 0.6) is 5.75 Å². The third kappa shape index (κ3) is 8.66. The molecule has 2 unspecified atom stereocenters. The fourth-order valence-corrected chi connectivity index (χ4v) is 3.89. The molecule has 0 saturated carbocycles. The number of anilines is 1. The van der Waals surface area contributed by atoms with E-state index in [1.54, 1.807) is 51.1 Å². The van der Waals surface area contributed by atoms with Crippen molar-refractivity contribution < 1.29 is 24.2 Å². The number of nitrogens with zero attached hydrogens (tertiary/aromatic N) is 1. The standard InChI is InChI=1S/C29H39N3O5/c1-8-17-32(27(35)23(18-19(2)3)31-28(36)37-29(5,6)7)25(21-14-10-12-16-24(21)33)26(34)30-22-15-11-9-13-20(22)4/h8-16,19,23,25,33H,1,17-18H2,2-7H3,(H,30,34)(H,31,36). The van der Waals surface area contributed by atoms with E-state index < -0.39 is 35.6 Å². The summed E-state index contributed by atoms with van der Waals surface area (Å²) in [5.74, 6) is -1.08. The molecule has 0 aliphatic heterocycles. The maximum atomic E-state index is 14.0. The van der Waals surface area contributed by atoms with Crippen LogP contribution in [0.1, 0.15) is 58.2 Å². The molecule has 37 heavy (non-hydrogen) atoms. The van der Waals surface area contributed by atoms with Gasteiger partial charge in [-0.25, -0.2) is 4.79 Å². The van der Waals surface area contributed by atoms with Crippen molar-refractivity contribution in [2.75, 3.05) is 11.9 Å². The lowest BCUT2D eigenvalue weighted by atomic mass is 9.98. The van der Waals surface area contributed by atoms with Gasteiger partial charge in [-0.05, 0) is 57.7 Å². The van der Waals surface area contributed by atoms with Crippen LogP contribution in [0.25, 0.3) is 0 Å². The van der Waals surface area contributed by atoms with Gasteiger partial charge in [0.2, 0.25) is 5.91 Å². The Hall–Kier alpha value is -3.81. The summed E-state index contributed by atoms with van der Waals surface area (Å²) in [6.07, 6.45) is 1.10. The first-order valence-electron chi connectivity index (χ1n) is 12.4. The molecule has 0 aromatic heterocycles.